The Bertz CT molecular complexity index is 1320. The number of aliphatic hydroxyl groups excluding tert-OH is 1. The van der Waals surface area contributed by atoms with E-state index in [4.69, 9.17) is 0 Å². The minimum atomic E-state index is -1.90. The van der Waals surface area contributed by atoms with Crippen LogP contribution in [0.5, 0.6) is 0 Å². The predicted octanol–water partition coefficient (Wildman–Crippen LogP) is 3.47. The van der Waals surface area contributed by atoms with E-state index in [0.29, 0.717) is 19.0 Å². The third-order valence-corrected chi connectivity index (χ3v) is 7.25. The second-order valence-corrected chi connectivity index (χ2v) is 10.0. The molecule has 0 saturated carbocycles. The van der Waals surface area contributed by atoms with E-state index in [1.54, 1.807) is 6.92 Å². The van der Waals surface area contributed by atoms with Crippen LogP contribution in [0.4, 0.5) is 8.78 Å². The molecule has 3 aromatic rings. The molecule has 4 rings (SSSR count). The van der Waals surface area contributed by atoms with E-state index in [9.17, 15) is 28.3 Å². The standard InChI is InChI=1S/C30H31F2N3O4/c1-18(34-28(38)26(36)21-13-23(31)16-24(32)14-21)27(37)35-30(2)25(20-11-7-4-8-12-20)15-22(17-33-29(30)39)19-9-5-3-6-10-19/h3-14,16,18,22,25-26,36H,15,17H2,1-2H3,(H,33,39)(H,34,38)(H,35,37)/t18-,22+,25-,26-,30-/m0/s1. The third-order valence-electron chi connectivity index (χ3n) is 7.25. The van der Waals surface area contributed by atoms with Gasteiger partial charge in [-0.05, 0) is 49.1 Å². The number of nitrogens with one attached hydrogen (secondary N) is 3. The van der Waals surface area contributed by atoms with Crippen molar-refractivity contribution in [1.82, 2.24) is 16.0 Å². The minimum absolute atomic E-state index is 0.00183. The number of hydrogen-bond donors (Lipinski definition) is 4. The van der Waals surface area contributed by atoms with Crippen molar-refractivity contribution in [2.24, 2.45) is 0 Å². The molecular formula is C30H31F2N3O4. The van der Waals surface area contributed by atoms with E-state index in [-0.39, 0.29) is 17.4 Å². The molecule has 7 nitrogen and oxygen atoms in total. The van der Waals surface area contributed by atoms with Gasteiger partial charge in [-0.1, -0.05) is 60.7 Å². The second-order valence-electron chi connectivity index (χ2n) is 10.0. The fraction of sp³-hybridized carbons (Fsp3) is 0.300. The average molecular weight is 536 g/mol. The quantitative estimate of drug-likeness (QED) is 0.372. The van der Waals surface area contributed by atoms with Gasteiger partial charge in [-0.2, -0.15) is 0 Å². The summed E-state index contributed by atoms with van der Waals surface area (Å²) in [6.07, 6.45) is -1.33. The van der Waals surface area contributed by atoms with Crippen LogP contribution in [-0.4, -0.2) is 41.0 Å². The van der Waals surface area contributed by atoms with Gasteiger partial charge in [0.2, 0.25) is 11.8 Å². The predicted molar refractivity (Wildman–Crippen MR) is 141 cm³/mol. The lowest BCUT2D eigenvalue weighted by Gasteiger charge is -2.37. The van der Waals surface area contributed by atoms with Crippen LogP contribution in [-0.2, 0) is 14.4 Å². The Labute approximate surface area is 225 Å². The maximum Gasteiger partial charge on any atom is 0.254 e. The summed E-state index contributed by atoms with van der Waals surface area (Å²) in [6.45, 7) is 3.44. The molecule has 1 fully saturated rings. The fourth-order valence-electron chi connectivity index (χ4n) is 5.05. The van der Waals surface area contributed by atoms with Crippen molar-refractivity contribution in [2.45, 2.75) is 49.8 Å². The van der Waals surface area contributed by atoms with Gasteiger partial charge in [0.05, 0.1) is 0 Å². The number of halogens is 2. The highest BCUT2D eigenvalue weighted by molar-refractivity contribution is 5.95. The molecule has 0 aliphatic carbocycles. The molecule has 0 aromatic heterocycles. The lowest BCUT2D eigenvalue weighted by atomic mass is 9.74. The Morgan fingerprint density at radius 2 is 1.51 bits per heavy atom. The van der Waals surface area contributed by atoms with Crippen molar-refractivity contribution >= 4 is 17.7 Å². The number of rotatable bonds is 7. The number of amides is 3. The first-order chi connectivity index (χ1) is 18.6. The highest BCUT2D eigenvalue weighted by atomic mass is 19.1. The van der Waals surface area contributed by atoms with Crippen LogP contribution in [0.3, 0.4) is 0 Å². The normalized spacial score (nSPS) is 22.6. The molecule has 0 bridgehead atoms. The molecule has 1 saturated heterocycles. The van der Waals surface area contributed by atoms with Crippen LogP contribution in [0.15, 0.2) is 78.9 Å². The zero-order valence-corrected chi connectivity index (χ0v) is 21.7. The van der Waals surface area contributed by atoms with Crippen molar-refractivity contribution in [3.63, 3.8) is 0 Å². The molecule has 3 amide bonds. The zero-order chi connectivity index (χ0) is 28.2. The summed E-state index contributed by atoms with van der Waals surface area (Å²) in [7, 11) is 0. The number of aliphatic hydroxyl groups is 1. The van der Waals surface area contributed by atoms with Crippen LogP contribution >= 0.6 is 0 Å². The molecule has 3 aromatic carbocycles. The molecule has 1 aliphatic rings. The van der Waals surface area contributed by atoms with Gasteiger partial charge >= 0.3 is 0 Å². The zero-order valence-electron chi connectivity index (χ0n) is 21.7. The Morgan fingerprint density at radius 1 is 0.949 bits per heavy atom. The van der Waals surface area contributed by atoms with E-state index in [1.807, 2.05) is 60.7 Å². The van der Waals surface area contributed by atoms with E-state index < -0.39 is 47.1 Å². The van der Waals surface area contributed by atoms with Crippen LogP contribution in [0.1, 0.15) is 54.9 Å². The number of benzene rings is 3. The molecular weight excluding hydrogens is 504 g/mol. The van der Waals surface area contributed by atoms with E-state index in [2.05, 4.69) is 16.0 Å². The lowest BCUT2D eigenvalue weighted by molar-refractivity contribution is -0.137. The molecule has 0 radical (unpaired) electrons. The van der Waals surface area contributed by atoms with Gasteiger partial charge < -0.3 is 21.1 Å². The van der Waals surface area contributed by atoms with Gasteiger partial charge in [-0.15, -0.1) is 0 Å². The minimum Gasteiger partial charge on any atom is -0.378 e. The summed E-state index contributed by atoms with van der Waals surface area (Å²) < 4.78 is 27.1. The SMILES string of the molecule is C[C@H](NC(=O)[C@@H](O)c1cc(F)cc(F)c1)C(=O)N[C@]1(C)C(=O)NC[C@H](c2ccccc2)C[C@H]1c1ccccc1. The van der Waals surface area contributed by atoms with E-state index in [1.165, 1.54) is 6.92 Å². The summed E-state index contributed by atoms with van der Waals surface area (Å²) >= 11 is 0. The van der Waals surface area contributed by atoms with Gasteiger partial charge in [-0.25, -0.2) is 8.78 Å². The molecule has 204 valence electrons. The Hall–Kier alpha value is -4.11. The molecule has 1 aliphatic heterocycles. The van der Waals surface area contributed by atoms with Crippen LogP contribution in [0, 0.1) is 11.6 Å². The third kappa shape index (κ3) is 6.31. The average Bonchev–Trinajstić information content (AvgIpc) is 3.04. The van der Waals surface area contributed by atoms with Gasteiger partial charge in [-0.3, -0.25) is 14.4 Å². The van der Waals surface area contributed by atoms with Gasteiger partial charge in [0.1, 0.15) is 23.2 Å². The van der Waals surface area contributed by atoms with Crippen LogP contribution in [0.25, 0.3) is 0 Å². The molecule has 0 spiro atoms. The van der Waals surface area contributed by atoms with Crippen molar-refractivity contribution in [2.75, 3.05) is 6.54 Å². The maximum atomic E-state index is 13.5. The largest absolute Gasteiger partial charge is 0.378 e. The summed E-state index contributed by atoms with van der Waals surface area (Å²) in [5, 5.41) is 18.5. The number of carbonyl (C=O) groups is 3. The van der Waals surface area contributed by atoms with Crippen molar-refractivity contribution in [3.05, 3.63) is 107 Å². The Kier molecular flexibility index (Phi) is 8.40. The topological polar surface area (TPSA) is 108 Å². The summed E-state index contributed by atoms with van der Waals surface area (Å²) in [4.78, 5) is 39.4. The van der Waals surface area contributed by atoms with Crippen molar-refractivity contribution < 1.29 is 28.3 Å². The molecule has 0 unspecified atom stereocenters. The summed E-state index contributed by atoms with van der Waals surface area (Å²) in [6, 6.07) is 20.4. The molecule has 5 atom stereocenters. The highest BCUT2D eigenvalue weighted by Gasteiger charge is 2.47. The van der Waals surface area contributed by atoms with Crippen LogP contribution < -0.4 is 16.0 Å². The fourth-order valence-corrected chi connectivity index (χ4v) is 5.05. The first-order valence-corrected chi connectivity index (χ1v) is 12.7. The smallest absolute Gasteiger partial charge is 0.254 e. The number of carbonyl (C=O) groups excluding carboxylic acids is 3. The molecule has 4 N–H and O–H groups in total. The Morgan fingerprint density at radius 3 is 2.10 bits per heavy atom. The summed E-state index contributed by atoms with van der Waals surface area (Å²) in [5.41, 5.74) is 0.283. The molecule has 9 heteroatoms. The summed E-state index contributed by atoms with van der Waals surface area (Å²) in [5.74, 6) is -4.33. The lowest BCUT2D eigenvalue weighted by Crippen LogP contribution is -2.62. The maximum absolute atomic E-state index is 13.5. The van der Waals surface area contributed by atoms with E-state index in [0.717, 1.165) is 23.3 Å². The Balaban J connectivity index is 1.55. The second kappa shape index (κ2) is 11.7. The van der Waals surface area contributed by atoms with Gasteiger partial charge in [0.15, 0.2) is 6.10 Å². The van der Waals surface area contributed by atoms with E-state index >= 15 is 0 Å². The highest BCUT2D eigenvalue weighted by Crippen LogP contribution is 2.39. The first kappa shape index (κ1) is 27.9. The molecule has 1 heterocycles. The van der Waals surface area contributed by atoms with Gasteiger partial charge in [0.25, 0.3) is 5.91 Å². The van der Waals surface area contributed by atoms with Crippen molar-refractivity contribution in [1.29, 1.82) is 0 Å². The van der Waals surface area contributed by atoms with Gasteiger partial charge in [0, 0.05) is 24.4 Å². The monoisotopic (exact) mass is 535 g/mol. The molecule has 39 heavy (non-hydrogen) atoms. The first-order valence-electron chi connectivity index (χ1n) is 12.7. The number of hydrogen-bond acceptors (Lipinski definition) is 4. The van der Waals surface area contributed by atoms with Crippen molar-refractivity contribution in [3.8, 4) is 0 Å². The van der Waals surface area contributed by atoms with Crippen LogP contribution in [0.2, 0.25) is 0 Å².